The van der Waals surface area contributed by atoms with Crippen molar-refractivity contribution in [2.75, 3.05) is 38.6 Å². The first-order valence-corrected chi connectivity index (χ1v) is 10.8. The second kappa shape index (κ2) is 6.79. The van der Waals surface area contributed by atoms with E-state index in [4.69, 9.17) is 9.52 Å². The van der Waals surface area contributed by atoms with Gasteiger partial charge in [-0.25, -0.2) is 14.2 Å². The molecule has 2 aromatic rings. The minimum absolute atomic E-state index is 0.453. The van der Waals surface area contributed by atoms with Crippen LogP contribution < -0.4 is 5.32 Å². The molecule has 0 bridgehead atoms. The third-order valence-corrected chi connectivity index (χ3v) is 7.18. The van der Waals surface area contributed by atoms with Crippen LogP contribution >= 0.6 is 19.1 Å². The smallest absolute Gasteiger partial charge is 0.353 e. The van der Waals surface area contributed by atoms with Gasteiger partial charge in [0.15, 0.2) is 0 Å². The zero-order valence-electron chi connectivity index (χ0n) is 14.7. The number of anilines is 2. The molecule has 1 atom stereocenters. The molecule has 9 heteroatoms. The van der Waals surface area contributed by atoms with Gasteiger partial charge in [-0.3, -0.25) is 0 Å². The van der Waals surface area contributed by atoms with E-state index in [2.05, 4.69) is 23.2 Å². The average Bonchev–Trinajstić information content (AvgIpc) is 2.93. The summed E-state index contributed by atoms with van der Waals surface area (Å²) in [4.78, 5) is 18.2. The van der Waals surface area contributed by atoms with Crippen LogP contribution in [0.5, 0.6) is 0 Å². The Bertz CT molecular complexity index is 905. The summed E-state index contributed by atoms with van der Waals surface area (Å²) in [5.41, 5.74) is 2.97. The Labute approximate surface area is 156 Å². The van der Waals surface area contributed by atoms with Gasteiger partial charge in [-0.1, -0.05) is 12.1 Å². The van der Waals surface area contributed by atoms with Crippen molar-refractivity contribution in [3.8, 4) is 0 Å². The van der Waals surface area contributed by atoms with Gasteiger partial charge in [0, 0.05) is 38.2 Å². The molecule has 1 saturated heterocycles. The molecule has 0 aliphatic carbocycles. The number of fused-ring (bicyclic) bond motifs is 2. The Balaban J connectivity index is 1.67. The van der Waals surface area contributed by atoms with Gasteiger partial charge in [-0.05, 0) is 25.1 Å². The number of nitrogens with zero attached hydrogens (tertiary/aromatic N) is 3. The van der Waals surface area contributed by atoms with E-state index in [1.165, 1.54) is 16.7 Å². The van der Waals surface area contributed by atoms with Gasteiger partial charge in [-0.15, -0.1) is 11.3 Å². The molecule has 3 heterocycles. The van der Waals surface area contributed by atoms with E-state index in [-0.39, 0.29) is 0 Å². The molecule has 2 aliphatic rings. The van der Waals surface area contributed by atoms with E-state index in [1.54, 1.807) is 11.3 Å². The summed E-state index contributed by atoms with van der Waals surface area (Å²) in [7, 11) is -2.41. The lowest BCUT2D eigenvalue weighted by Gasteiger charge is -2.37. The topological polar surface area (TPSA) is 77.4 Å². The zero-order valence-corrected chi connectivity index (χ0v) is 16.4. The van der Waals surface area contributed by atoms with Crippen LogP contribution in [0.15, 0.2) is 35.3 Å². The van der Waals surface area contributed by atoms with E-state index in [0.717, 1.165) is 27.8 Å². The number of hydrogen-bond donors (Lipinski definition) is 2. The van der Waals surface area contributed by atoms with E-state index in [1.807, 2.05) is 24.3 Å². The monoisotopic (exact) mass is 392 g/mol. The minimum Gasteiger partial charge on any atom is -0.353 e. The summed E-state index contributed by atoms with van der Waals surface area (Å²) >= 11 is 1.71. The van der Waals surface area contributed by atoms with Gasteiger partial charge >= 0.3 is 7.75 Å². The molecule has 0 spiro atoms. The van der Waals surface area contributed by atoms with Crippen molar-refractivity contribution in [3.05, 3.63) is 40.8 Å². The summed E-state index contributed by atoms with van der Waals surface area (Å²) in [6.07, 6.45) is 0. The molecule has 7 nitrogen and oxygen atoms in total. The molecule has 0 saturated carbocycles. The van der Waals surface area contributed by atoms with Crippen LogP contribution in [0, 0.1) is 6.92 Å². The van der Waals surface area contributed by atoms with Crippen molar-refractivity contribution in [2.24, 2.45) is 4.99 Å². The van der Waals surface area contributed by atoms with Crippen molar-refractivity contribution >= 4 is 41.3 Å². The fourth-order valence-electron chi connectivity index (χ4n) is 3.26. The molecule has 1 aromatic carbocycles. The fraction of sp³-hybridized carbons (Fsp3) is 0.353. The normalized spacial score (nSPS) is 19.7. The Kier molecular flexibility index (Phi) is 4.62. The standard InChI is InChI=1S/C17H21N4O3PS/c1-12-11-13-16(20-7-9-21(10-8-20)25(22,23)24-2)18-14-5-3-4-6-15(14)19-17(13)26-12/h3-6,11,19H,7-10H2,1-2H3,(H,22,23). The lowest BCUT2D eigenvalue weighted by Crippen LogP contribution is -2.47. The van der Waals surface area contributed by atoms with Gasteiger partial charge in [0.1, 0.15) is 10.8 Å². The lowest BCUT2D eigenvalue weighted by molar-refractivity contribution is 0.192. The van der Waals surface area contributed by atoms with Crippen molar-refractivity contribution in [1.29, 1.82) is 0 Å². The summed E-state index contributed by atoms with van der Waals surface area (Å²) in [6, 6.07) is 10.1. The van der Waals surface area contributed by atoms with Gasteiger partial charge < -0.3 is 19.6 Å². The number of hydrogen-bond acceptors (Lipinski definition) is 6. The molecule has 1 fully saturated rings. The minimum atomic E-state index is -3.68. The molecule has 26 heavy (non-hydrogen) atoms. The molecule has 1 aromatic heterocycles. The van der Waals surface area contributed by atoms with Crippen LogP contribution in [0.1, 0.15) is 10.4 Å². The first-order valence-electron chi connectivity index (χ1n) is 8.42. The molecule has 0 radical (unpaired) electrons. The van der Waals surface area contributed by atoms with Gasteiger partial charge in [0.05, 0.1) is 16.9 Å². The summed E-state index contributed by atoms with van der Waals surface area (Å²) in [6.45, 7) is 4.22. The number of aryl methyl sites for hydroxylation is 1. The van der Waals surface area contributed by atoms with Crippen LogP contribution in [0.3, 0.4) is 0 Å². The number of benzene rings is 1. The largest absolute Gasteiger partial charge is 0.405 e. The highest BCUT2D eigenvalue weighted by Gasteiger charge is 2.33. The third kappa shape index (κ3) is 3.19. The maximum absolute atomic E-state index is 12.0. The zero-order chi connectivity index (χ0) is 18.3. The van der Waals surface area contributed by atoms with Crippen LogP contribution in [0.4, 0.5) is 16.4 Å². The molecule has 0 amide bonds. The first kappa shape index (κ1) is 17.7. The number of thiophene rings is 1. The highest BCUT2D eigenvalue weighted by molar-refractivity contribution is 7.50. The number of para-hydroxylation sites is 2. The summed E-state index contributed by atoms with van der Waals surface area (Å²) < 4.78 is 18.3. The Morgan fingerprint density at radius 1 is 1.27 bits per heavy atom. The van der Waals surface area contributed by atoms with Gasteiger partial charge in [0.2, 0.25) is 0 Å². The first-order chi connectivity index (χ1) is 12.5. The second-order valence-electron chi connectivity index (χ2n) is 6.29. The maximum Gasteiger partial charge on any atom is 0.405 e. The SMILES string of the molecule is COP(=O)(O)N1CCN(C2=Nc3ccccc3Nc3sc(C)cc32)CC1. The number of nitrogens with one attached hydrogen (secondary N) is 1. The fourth-order valence-corrected chi connectivity index (χ4v) is 5.10. The molecule has 2 N–H and O–H groups in total. The Morgan fingerprint density at radius 3 is 2.73 bits per heavy atom. The molecule has 1 unspecified atom stereocenters. The average molecular weight is 392 g/mol. The predicted molar refractivity (Wildman–Crippen MR) is 105 cm³/mol. The highest BCUT2D eigenvalue weighted by atomic mass is 32.1. The second-order valence-corrected chi connectivity index (χ2v) is 9.46. The van der Waals surface area contributed by atoms with Gasteiger partial charge in [-0.2, -0.15) is 0 Å². The number of rotatable bonds is 2. The third-order valence-electron chi connectivity index (χ3n) is 4.63. The van der Waals surface area contributed by atoms with Crippen LogP contribution in [-0.2, 0) is 9.09 Å². The van der Waals surface area contributed by atoms with Gasteiger partial charge in [0.25, 0.3) is 0 Å². The van der Waals surface area contributed by atoms with Crippen molar-refractivity contribution in [2.45, 2.75) is 6.92 Å². The van der Waals surface area contributed by atoms with Crippen molar-refractivity contribution < 1.29 is 14.0 Å². The van der Waals surface area contributed by atoms with Crippen LogP contribution in [-0.4, -0.2) is 53.6 Å². The summed E-state index contributed by atoms with van der Waals surface area (Å²) in [5, 5.41) is 4.58. The number of amidine groups is 1. The van der Waals surface area contributed by atoms with Crippen molar-refractivity contribution in [3.63, 3.8) is 0 Å². The lowest BCUT2D eigenvalue weighted by atomic mass is 10.2. The number of aliphatic imine (C=N–C) groups is 1. The molecule has 2 aliphatic heterocycles. The molecule has 4 rings (SSSR count). The van der Waals surface area contributed by atoms with Crippen LogP contribution in [0.2, 0.25) is 0 Å². The molecule has 138 valence electrons. The van der Waals surface area contributed by atoms with E-state index in [9.17, 15) is 9.46 Å². The van der Waals surface area contributed by atoms with E-state index >= 15 is 0 Å². The van der Waals surface area contributed by atoms with E-state index in [0.29, 0.717) is 26.2 Å². The van der Waals surface area contributed by atoms with Crippen LogP contribution in [0.25, 0.3) is 0 Å². The Hall–Kier alpha value is -1.70. The predicted octanol–water partition coefficient (Wildman–Crippen LogP) is 3.56. The Morgan fingerprint density at radius 2 is 2.00 bits per heavy atom. The maximum atomic E-state index is 12.0. The highest BCUT2D eigenvalue weighted by Crippen LogP contribution is 2.46. The molecular formula is C17H21N4O3PS. The summed E-state index contributed by atoms with van der Waals surface area (Å²) in [5.74, 6) is 0.909. The quantitative estimate of drug-likeness (QED) is 0.761. The van der Waals surface area contributed by atoms with Crippen molar-refractivity contribution in [1.82, 2.24) is 9.57 Å². The molecular weight excluding hydrogens is 371 g/mol. The number of piperazine rings is 1. The van der Waals surface area contributed by atoms with E-state index < -0.39 is 7.75 Å².